The maximum Gasteiger partial charge on any atom is 0.416 e. The smallest absolute Gasteiger partial charge is 0.416 e. The fourth-order valence-corrected chi connectivity index (χ4v) is 5.77. The molecule has 13 heteroatoms. The molecule has 0 atom stereocenters. The highest BCUT2D eigenvalue weighted by molar-refractivity contribution is 7.89. The molecule has 2 aromatic carbocycles. The van der Waals surface area contributed by atoms with E-state index in [-0.39, 0.29) is 32.4 Å². The summed E-state index contributed by atoms with van der Waals surface area (Å²) in [6.45, 7) is 6.64. The zero-order valence-electron chi connectivity index (χ0n) is 22.8. The van der Waals surface area contributed by atoms with Crippen LogP contribution in [0.5, 0.6) is 0 Å². The largest absolute Gasteiger partial charge is 0.443 e. The Morgan fingerprint density at radius 1 is 1.05 bits per heavy atom. The first-order chi connectivity index (χ1) is 18.6. The van der Waals surface area contributed by atoms with Crippen LogP contribution in [0.2, 0.25) is 15.1 Å². The Kier molecular flexibility index (Phi) is 10.3. The van der Waals surface area contributed by atoms with Gasteiger partial charge in [-0.3, -0.25) is 14.7 Å². The lowest BCUT2D eigenvalue weighted by molar-refractivity contribution is -0.125. The van der Waals surface area contributed by atoms with E-state index in [4.69, 9.17) is 39.5 Å². The quantitative estimate of drug-likeness (QED) is 0.285. The minimum Gasteiger partial charge on any atom is -0.443 e. The van der Waals surface area contributed by atoms with Crippen molar-refractivity contribution in [3.8, 4) is 0 Å². The Bertz CT molecular complexity index is 1440. The fourth-order valence-electron chi connectivity index (χ4n) is 3.70. The van der Waals surface area contributed by atoms with Crippen LogP contribution in [0.1, 0.15) is 31.9 Å². The number of hydrogen-bond acceptors (Lipinski definition) is 6. The summed E-state index contributed by atoms with van der Waals surface area (Å²) in [5.74, 6) is 0.244. The predicted molar refractivity (Wildman–Crippen MR) is 158 cm³/mol. The van der Waals surface area contributed by atoms with Crippen molar-refractivity contribution in [1.82, 2.24) is 14.1 Å². The summed E-state index contributed by atoms with van der Waals surface area (Å²) in [4.78, 5) is 32.5. The van der Waals surface area contributed by atoms with E-state index in [9.17, 15) is 18.0 Å². The molecule has 0 radical (unpaired) electrons. The van der Waals surface area contributed by atoms with Gasteiger partial charge in [0.25, 0.3) is 0 Å². The number of ether oxygens (including phenoxy) is 1. The minimum atomic E-state index is -3.97. The summed E-state index contributed by atoms with van der Waals surface area (Å²) < 4.78 is 32.3. The van der Waals surface area contributed by atoms with E-state index in [0.717, 1.165) is 15.4 Å². The van der Waals surface area contributed by atoms with Crippen molar-refractivity contribution in [2.45, 2.75) is 37.8 Å². The SMILES string of the molecule is CN(Cc1ccc(C2=NCCN2C(=O)OC(C)(C)C)cc1)C(=O)C=CCN(C)S(=O)(=O)c1ccc(Cl)c(Cl)c1Cl. The number of aliphatic imine (C=N–C) groups is 1. The molecule has 1 aliphatic rings. The molecule has 9 nitrogen and oxygen atoms in total. The third-order valence-corrected chi connectivity index (χ3v) is 9.05. The molecular formula is C27H31Cl3N4O5S. The summed E-state index contributed by atoms with van der Waals surface area (Å²) >= 11 is 18.0. The normalized spacial score (nSPS) is 14.1. The molecule has 0 spiro atoms. The molecule has 2 amide bonds. The number of likely N-dealkylation sites (N-methyl/N-ethyl adjacent to an activating group) is 2. The molecule has 0 unspecified atom stereocenters. The molecule has 0 saturated carbocycles. The molecule has 3 rings (SSSR count). The van der Waals surface area contributed by atoms with E-state index in [2.05, 4.69) is 4.99 Å². The lowest BCUT2D eigenvalue weighted by Gasteiger charge is -2.25. The topological polar surface area (TPSA) is 99.6 Å². The van der Waals surface area contributed by atoms with Crippen molar-refractivity contribution < 1.29 is 22.7 Å². The number of nitrogens with zero attached hydrogens (tertiary/aromatic N) is 4. The molecule has 0 aromatic heterocycles. The monoisotopic (exact) mass is 628 g/mol. The second-order valence-electron chi connectivity index (χ2n) is 10.1. The average Bonchev–Trinajstić information content (AvgIpc) is 3.36. The van der Waals surface area contributed by atoms with Gasteiger partial charge in [-0.15, -0.1) is 0 Å². The van der Waals surface area contributed by atoms with E-state index in [1.165, 1.54) is 41.1 Å². The van der Waals surface area contributed by atoms with Gasteiger partial charge in [0.1, 0.15) is 16.3 Å². The first-order valence-corrected chi connectivity index (χ1v) is 14.8. The van der Waals surface area contributed by atoms with Crippen LogP contribution in [0, 0.1) is 0 Å². The molecule has 0 aliphatic carbocycles. The van der Waals surface area contributed by atoms with Crippen LogP contribution >= 0.6 is 34.8 Å². The van der Waals surface area contributed by atoms with Crippen LogP contribution in [0.25, 0.3) is 0 Å². The third-order valence-electron chi connectivity index (χ3n) is 5.77. The molecule has 0 saturated heterocycles. The van der Waals surface area contributed by atoms with Crippen LogP contribution in [0.15, 0.2) is 58.4 Å². The number of halogens is 3. The van der Waals surface area contributed by atoms with E-state index >= 15 is 0 Å². The zero-order chi connectivity index (χ0) is 29.8. The number of benzene rings is 2. The first kappa shape index (κ1) is 31.9. The van der Waals surface area contributed by atoms with Gasteiger partial charge in [0.15, 0.2) is 0 Å². The first-order valence-electron chi connectivity index (χ1n) is 12.3. The van der Waals surface area contributed by atoms with Crippen LogP contribution in [-0.2, 0) is 26.1 Å². The van der Waals surface area contributed by atoms with Crippen LogP contribution in [0.3, 0.4) is 0 Å². The van der Waals surface area contributed by atoms with Gasteiger partial charge in [-0.2, -0.15) is 4.31 Å². The van der Waals surface area contributed by atoms with Crippen LogP contribution in [0.4, 0.5) is 4.79 Å². The molecule has 1 heterocycles. The Morgan fingerprint density at radius 3 is 2.33 bits per heavy atom. The van der Waals surface area contributed by atoms with Crippen molar-refractivity contribution in [1.29, 1.82) is 0 Å². The Labute approximate surface area is 250 Å². The summed E-state index contributed by atoms with van der Waals surface area (Å²) in [6.07, 6.45) is 2.32. The number of amides is 2. The van der Waals surface area contributed by atoms with Gasteiger partial charge in [0.05, 0.1) is 28.2 Å². The fraction of sp³-hybridized carbons (Fsp3) is 0.370. The number of hydrogen-bond donors (Lipinski definition) is 0. The average molecular weight is 630 g/mol. The lowest BCUT2D eigenvalue weighted by Crippen LogP contribution is -2.39. The molecule has 1 aliphatic heterocycles. The van der Waals surface area contributed by atoms with Gasteiger partial charge in [0.2, 0.25) is 15.9 Å². The predicted octanol–water partition coefficient (Wildman–Crippen LogP) is 5.48. The highest BCUT2D eigenvalue weighted by atomic mass is 35.5. The number of carbonyl (C=O) groups excluding carboxylic acids is 2. The zero-order valence-corrected chi connectivity index (χ0v) is 25.9. The van der Waals surface area contributed by atoms with Gasteiger partial charge in [-0.05, 0) is 38.5 Å². The lowest BCUT2D eigenvalue weighted by atomic mass is 10.1. The third kappa shape index (κ3) is 7.76. The Balaban J connectivity index is 1.58. The summed E-state index contributed by atoms with van der Waals surface area (Å²) in [5, 5.41) is -0.0642. The summed E-state index contributed by atoms with van der Waals surface area (Å²) in [5.41, 5.74) is 1.03. The molecule has 0 bridgehead atoms. The molecule has 2 aromatic rings. The van der Waals surface area contributed by atoms with Crippen molar-refractivity contribution in [2.75, 3.05) is 33.7 Å². The summed E-state index contributed by atoms with van der Waals surface area (Å²) in [7, 11) is -0.957. The summed E-state index contributed by atoms with van der Waals surface area (Å²) in [6, 6.07) is 10.1. The van der Waals surface area contributed by atoms with Crippen molar-refractivity contribution in [3.63, 3.8) is 0 Å². The molecule has 0 fully saturated rings. The number of carbonyl (C=O) groups is 2. The maximum absolute atomic E-state index is 12.9. The maximum atomic E-state index is 12.9. The number of sulfonamides is 1. The standard InChI is InChI=1S/C27H31Cl3N4O5S/c1-27(2,3)39-26(36)34-16-14-31-25(34)19-10-8-18(9-11-19)17-32(4)22(35)7-6-15-33(5)40(37,38)21-13-12-20(28)23(29)24(21)30/h6-13H,14-17H2,1-5H3. The van der Waals surface area contributed by atoms with Gasteiger partial charge in [0, 0.05) is 38.8 Å². The second-order valence-corrected chi connectivity index (χ2v) is 13.3. The van der Waals surface area contributed by atoms with E-state index in [1.54, 1.807) is 7.05 Å². The second kappa shape index (κ2) is 12.9. The molecule has 216 valence electrons. The minimum absolute atomic E-state index is 0.0465. The van der Waals surface area contributed by atoms with Crippen molar-refractivity contribution in [3.05, 3.63) is 74.7 Å². The molecule has 40 heavy (non-hydrogen) atoms. The van der Waals surface area contributed by atoms with Crippen molar-refractivity contribution >= 4 is 62.7 Å². The van der Waals surface area contributed by atoms with Crippen LogP contribution < -0.4 is 0 Å². The van der Waals surface area contributed by atoms with E-state index in [1.807, 2.05) is 45.0 Å². The van der Waals surface area contributed by atoms with E-state index < -0.39 is 21.7 Å². The van der Waals surface area contributed by atoms with Gasteiger partial charge in [-0.1, -0.05) is 65.1 Å². The molecular weight excluding hydrogens is 599 g/mol. The highest BCUT2D eigenvalue weighted by Crippen LogP contribution is 2.35. The van der Waals surface area contributed by atoms with Gasteiger partial charge in [-0.25, -0.2) is 13.2 Å². The molecule has 0 N–H and O–H groups in total. The van der Waals surface area contributed by atoms with Crippen LogP contribution in [-0.4, -0.2) is 79.7 Å². The van der Waals surface area contributed by atoms with E-state index in [0.29, 0.717) is 25.5 Å². The number of amidine groups is 1. The van der Waals surface area contributed by atoms with Crippen molar-refractivity contribution in [2.24, 2.45) is 4.99 Å². The highest BCUT2D eigenvalue weighted by Gasteiger charge is 2.29. The Morgan fingerprint density at radius 2 is 1.70 bits per heavy atom. The van der Waals surface area contributed by atoms with Gasteiger partial charge >= 0.3 is 6.09 Å². The Hall–Kier alpha value is -2.63. The number of rotatable bonds is 8. The van der Waals surface area contributed by atoms with Gasteiger partial charge < -0.3 is 9.64 Å².